The predicted octanol–water partition coefficient (Wildman–Crippen LogP) is 1.70. The Hall–Kier alpha value is -1.39. The first kappa shape index (κ1) is 15.0. The number of carbonyl (C=O) groups is 1. The van der Waals surface area contributed by atoms with Crippen molar-refractivity contribution >= 4 is 5.91 Å². The Morgan fingerprint density at radius 1 is 1.40 bits per heavy atom. The van der Waals surface area contributed by atoms with Gasteiger partial charge in [-0.25, -0.2) is 0 Å². The van der Waals surface area contributed by atoms with Crippen LogP contribution in [0.25, 0.3) is 0 Å². The molecule has 1 aliphatic rings. The topological polar surface area (TPSA) is 50.4 Å². The van der Waals surface area contributed by atoms with Gasteiger partial charge in [0.2, 0.25) is 0 Å². The van der Waals surface area contributed by atoms with Gasteiger partial charge >= 0.3 is 0 Å². The fourth-order valence-corrected chi connectivity index (χ4v) is 2.40. The van der Waals surface area contributed by atoms with Crippen LogP contribution in [0, 0.1) is 0 Å². The minimum atomic E-state index is -0.0415. The van der Waals surface area contributed by atoms with E-state index in [1.807, 2.05) is 24.3 Å². The summed E-state index contributed by atoms with van der Waals surface area (Å²) < 4.78 is 5.38. The normalized spacial score (nSPS) is 19.6. The van der Waals surface area contributed by atoms with Crippen LogP contribution in [-0.2, 0) is 10.2 Å². The van der Waals surface area contributed by atoms with Crippen molar-refractivity contribution in [3.05, 3.63) is 35.4 Å². The van der Waals surface area contributed by atoms with E-state index in [2.05, 4.69) is 31.4 Å². The Labute approximate surface area is 120 Å². The number of hydrogen-bond acceptors (Lipinski definition) is 3. The highest BCUT2D eigenvalue weighted by atomic mass is 16.5. The van der Waals surface area contributed by atoms with Gasteiger partial charge in [0.25, 0.3) is 5.91 Å². The van der Waals surface area contributed by atoms with Gasteiger partial charge in [-0.05, 0) is 17.0 Å². The maximum absolute atomic E-state index is 12.4. The minimum Gasteiger partial charge on any atom is -0.378 e. The second-order valence-electron chi connectivity index (χ2n) is 6.23. The first-order valence-corrected chi connectivity index (χ1v) is 7.17. The molecule has 2 rings (SSSR count). The van der Waals surface area contributed by atoms with Crippen LogP contribution in [0.5, 0.6) is 0 Å². The molecule has 0 saturated carbocycles. The summed E-state index contributed by atoms with van der Waals surface area (Å²) in [7, 11) is 0. The number of nitrogens with one attached hydrogen (secondary N) is 2. The quantitative estimate of drug-likeness (QED) is 0.883. The van der Waals surface area contributed by atoms with Crippen LogP contribution in [0.3, 0.4) is 0 Å². The molecule has 0 bridgehead atoms. The van der Waals surface area contributed by atoms with Crippen molar-refractivity contribution in [2.45, 2.75) is 32.2 Å². The summed E-state index contributed by atoms with van der Waals surface area (Å²) in [6.45, 7) is 9.20. The minimum absolute atomic E-state index is 0.0112. The molecule has 4 heteroatoms. The monoisotopic (exact) mass is 276 g/mol. The number of benzene rings is 1. The van der Waals surface area contributed by atoms with Crippen LogP contribution in [0.4, 0.5) is 0 Å². The van der Waals surface area contributed by atoms with Crippen LogP contribution in [0.2, 0.25) is 0 Å². The van der Waals surface area contributed by atoms with Gasteiger partial charge in [0.1, 0.15) is 0 Å². The lowest BCUT2D eigenvalue weighted by atomic mass is 9.83. The van der Waals surface area contributed by atoms with E-state index in [1.54, 1.807) is 0 Å². The molecule has 1 aromatic rings. The van der Waals surface area contributed by atoms with Gasteiger partial charge in [0.15, 0.2) is 0 Å². The maximum Gasteiger partial charge on any atom is 0.251 e. The SMILES string of the molecule is CC(C)(C)c1ccccc1C(=O)NCC1COCCN1. The average Bonchev–Trinajstić information content (AvgIpc) is 2.45. The third kappa shape index (κ3) is 3.81. The summed E-state index contributed by atoms with van der Waals surface area (Å²) in [5, 5.41) is 6.33. The number of hydrogen-bond donors (Lipinski definition) is 2. The average molecular weight is 276 g/mol. The Balaban J connectivity index is 2.02. The number of ether oxygens (including phenoxy) is 1. The smallest absolute Gasteiger partial charge is 0.251 e. The summed E-state index contributed by atoms with van der Waals surface area (Å²) >= 11 is 0. The number of amides is 1. The van der Waals surface area contributed by atoms with Gasteiger partial charge in [0.05, 0.1) is 13.2 Å². The molecule has 1 amide bonds. The van der Waals surface area contributed by atoms with E-state index in [0.717, 1.165) is 24.3 Å². The van der Waals surface area contributed by atoms with Crippen LogP contribution >= 0.6 is 0 Å². The van der Waals surface area contributed by atoms with Gasteiger partial charge in [0, 0.05) is 24.7 Å². The van der Waals surface area contributed by atoms with E-state index in [4.69, 9.17) is 4.74 Å². The number of carbonyl (C=O) groups excluding carboxylic acids is 1. The molecule has 1 saturated heterocycles. The summed E-state index contributed by atoms with van der Waals surface area (Å²) in [6, 6.07) is 8.01. The van der Waals surface area contributed by atoms with Gasteiger partial charge in [-0.1, -0.05) is 39.0 Å². The van der Waals surface area contributed by atoms with E-state index in [9.17, 15) is 4.79 Å². The lowest BCUT2D eigenvalue weighted by molar-refractivity contribution is 0.0734. The Morgan fingerprint density at radius 2 is 2.15 bits per heavy atom. The lowest BCUT2D eigenvalue weighted by Crippen LogP contribution is -2.48. The highest BCUT2D eigenvalue weighted by Gasteiger charge is 2.21. The summed E-state index contributed by atoms with van der Waals surface area (Å²) in [6.07, 6.45) is 0. The molecule has 110 valence electrons. The first-order chi connectivity index (χ1) is 9.48. The van der Waals surface area contributed by atoms with Crippen molar-refractivity contribution < 1.29 is 9.53 Å². The van der Waals surface area contributed by atoms with Crippen molar-refractivity contribution in [3.8, 4) is 0 Å². The zero-order chi connectivity index (χ0) is 14.6. The summed E-state index contributed by atoms with van der Waals surface area (Å²) in [4.78, 5) is 12.4. The largest absolute Gasteiger partial charge is 0.378 e. The molecule has 2 N–H and O–H groups in total. The van der Waals surface area contributed by atoms with Gasteiger partial charge in [-0.2, -0.15) is 0 Å². The van der Waals surface area contributed by atoms with E-state index in [-0.39, 0.29) is 17.4 Å². The van der Waals surface area contributed by atoms with Crippen molar-refractivity contribution in [1.29, 1.82) is 0 Å². The van der Waals surface area contributed by atoms with Crippen molar-refractivity contribution in [1.82, 2.24) is 10.6 Å². The number of morpholine rings is 1. The Kier molecular flexibility index (Phi) is 4.78. The molecule has 1 fully saturated rings. The second kappa shape index (κ2) is 6.37. The van der Waals surface area contributed by atoms with Gasteiger partial charge < -0.3 is 15.4 Å². The molecule has 1 aromatic carbocycles. The zero-order valence-electron chi connectivity index (χ0n) is 12.5. The molecule has 0 radical (unpaired) electrons. The van der Waals surface area contributed by atoms with Crippen LogP contribution in [0.1, 0.15) is 36.7 Å². The molecule has 0 aliphatic carbocycles. The molecule has 4 nitrogen and oxygen atoms in total. The molecule has 0 spiro atoms. The van der Waals surface area contributed by atoms with E-state index in [0.29, 0.717) is 13.2 Å². The third-order valence-electron chi connectivity index (χ3n) is 3.49. The van der Waals surface area contributed by atoms with E-state index >= 15 is 0 Å². The fraction of sp³-hybridized carbons (Fsp3) is 0.562. The molecule has 1 heterocycles. The predicted molar refractivity (Wildman–Crippen MR) is 80.1 cm³/mol. The Bertz CT molecular complexity index is 460. The second-order valence-corrected chi connectivity index (χ2v) is 6.23. The first-order valence-electron chi connectivity index (χ1n) is 7.17. The number of rotatable bonds is 3. The van der Waals surface area contributed by atoms with Gasteiger partial charge in [-0.3, -0.25) is 4.79 Å². The van der Waals surface area contributed by atoms with Crippen molar-refractivity contribution in [2.75, 3.05) is 26.3 Å². The Morgan fingerprint density at radius 3 is 2.80 bits per heavy atom. The highest BCUT2D eigenvalue weighted by Crippen LogP contribution is 2.25. The third-order valence-corrected chi connectivity index (χ3v) is 3.49. The molecule has 0 aromatic heterocycles. The maximum atomic E-state index is 12.4. The lowest BCUT2D eigenvalue weighted by Gasteiger charge is -2.25. The van der Waals surface area contributed by atoms with Crippen LogP contribution < -0.4 is 10.6 Å². The molecule has 20 heavy (non-hydrogen) atoms. The summed E-state index contributed by atoms with van der Waals surface area (Å²) in [5.41, 5.74) is 1.79. The molecular weight excluding hydrogens is 252 g/mol. The van der Waals surface area contributed by atoms with Crippen LogP contribution in [-0.4, -0.2) is 38.3 Å². The standard InChI is InChI=1S/C16H24N2O2/c1-16(2,3)14-7-5-4-6-13(14)15(19)18-10-12-11-20-9-8-17-12/h4-7,12,17H,8-11H2,1-3H3,(H,18,19). The molecule has 1 atom stereocenters. The van der Waals surface area contributed by atoms with Gasteiger partial charge in [-0.15, -0.1) is 0 Å². The highest BCUT2D eigenvalue weighted by molar-refractivity contribution is 5.96. The fourth-order valence-electron chi connectivity index (χ4n) is 2.40. The molecule has 1 aliphatic heterocycles. The van der Waals surface area contributed by atoms with Crippen LogP contribution in [0.15, 0.2) is 24.3 Å². The van der Waals surface area contributed by atoms with Crippen molar-refractivity contribution in [3.63, 3.8) is 0 Å². The summed E-state index contributed by atoms with van der Waals surface area (Å²) in [5.74, 6) is -0.0112. The molecule has 1 unspecified atom stereocenters. The zero-order valence-corrected chi connectivity index (χ0v) is 12.5. The van der Waals surface area contributed by atoms with Crippen molar-refractivity contribution in [2.24, 2.45) is 0 Å². The van der Waals surface area contributed by atoms with E-state index in [1.165, 1.54) is 0 Å². The molecular formula is C16H24N2O2. The van der Waals surface area contributed by atoms with E-state index < -0.39 is 0 Å².